The fourth-order valence-electron chi connectivity index (χ4n) is 3.59. The van der Waals surface area contributed by atoms with Crippen LogP contribution in [-0.4, -0.2) is 55.2 Å². The quantitative estimate of drug-likeness (QED) is 0.800. The Hall–Kier alpha value is -1.14. The number of rotatable bonds is 3. The number of nitrogens with zero attached hydrogens (tertiary/aromatic N) is 3. The lowest BCUT2D eigenvalue weighted by Crippen LogP contribution is -2.48. The molecule has 0 saturated carbocycles. The predicted octanol–water partition coefficient (Wildman–Crippen LogP) is 2.63. The van der Waals surface area contributed by atoms with E-state index in [1.54, 1.807) is 6.20 Å². The molecule has 1 aromatic heterocycles. The highest BCUT2D eigenvalue weighted by Gasteiger charge is 2.28. The molecular weight excluding hydrogens is 298 g/mol. The Balaban J connectivity index is 1.55. The van der Waals surface area contributed by atoms with E-state index in [0.717, 1.165) is 30.2 Å². The Bertz CT molecular complexity index is 511. The van der Waals surface area contributed by atoms with Gasteiger partial charge in [-0.25, -0.2) is 9.78 Å². The molecule has 1 unspecified atom stereocenters. The third-order valence-electron chi connectivity index (χ3n) is 4.82. The van der Waals surface area contributed by atoms with Crippen LogP contribution in [-0.2, 0) is 4.74 Å². The molecule has 1 aromatic rings. The molecule has 0 radical (unpaired) electrons. The van der Waals surface area contributed by atoms with Gasteiger partial charge in [-0.2, -0.15) is 0 Å². The van der Waals surface area contributed by atoms with Gasteiger partial charge in [-0.1, -0.05) is 18.3 Å². The Morgan fingerprint density at radius 3 is 2.77 bits per heavy atom. The van der Waals surface area contributed by atoms with Crippen LogP contribution in [0.15, 0.2) is 6.20 Å². The van der Waals surface area contributed by atoms with Crippen LogP contribution in [0, 0.1) is 5.92 Å². The summed E-state index contributed by atoms with van der Waals surface area (Å²) in [7, 11) is 1.41. The molecule has 1 atom stereocenters. The first kappa shape index (κ1) is 15.7. The van der Waals surface area contributed by atoms with E-state index in [4.69, 9.17) is 4.74 Å². The van der Waals surface area contributed by atoms with Crippen molar-refractivity contribution in [2.45, 2.75) is 38.6 Å². The highest BCUT2D eigenvalue weighted by molar-refractivity contribution is 7.17. The average molecular weight is 323 g/mol. The van der Waals surface area contributed by atoms with E-state index >= 15 is 0 Å². The zero-order valence-electron chi connectivity index (χ0n) is 13.5. The van der Waals surface area contributed by atoms with Crippen molar-refractivity contribution in [3.63, 3.8) is 0 Å². The second-order valence-electron chi connectivity index (χ2n) is 6.46. The monoisotopic (exact) mass is 323 g/mol. The summed E-state index contributed by atoms with van der Waals surface area (Å²) < 4.78 is 4.75. The van der Waals surface area contributed by atoms with Crippen molar-refractivity contribution >= 4 is 22.4 Å². The molecule has 0 amide bonds. The van der Waals surface area contributed by atoms with Crippen molar-refractivity contribution in [2.75, 3.05) is 38.2 Å². The lowest BCUT2D eigenvalue weighted by atomic mass is 9.95. The highest BCUT2D eigenvalue weighted by Crippen LogP contribution is 2.28. The first-order chi connectivity index (χ1) is 10.7. The largest absolute Gasteiger partial charge is 0.465 e. The maximum Gasteiger partial charge on any atom is 0.349 e. The summed E-state index contributed by atoms with van der Waals surface area (Å²) in [4.78, 5) is 21.5. The summed E-state index contributed by atoms with van der Waals surface area (Å²) in [5, 5.41) is 0.950. The molecule has 0 spiro atoms. The summed E-state index contributed by atoms with van der Waals surface area (Å²) in [5.41, 5.74) is 0. The van der Waals surface area contributed by atoms with Crippen LogP contribution in [0.2, 0.25) is 0 Å². The standard InChI is InChI=1S/C16H25N3O2S/c1-12-4-3-7-19(11-12)13-5-8-18(9-6-13)16-17-10-14(22-16)15(20)21-2/h10,12-13H,3-9,11H2,1-2H3. The topological polar surface area (TPSA) is 45.7 Å². The number of methoxy groups -OCH3 is 1. The number of ether oxygens (including phenoxy) is 1. The molecule has 2 aliphatic heterocycles. The van der Waals surface area contributed by atoms with Crippen LogP contribution < -0.4 is 4.90 Å². The molecule has 0 bridgehead atoms. The van der Waals surface area contributed by atoms with Crippen LogP contribution in [0.3, 0.4) is 0 Å². The summed E-state index contributed by atoms with van der Waals surface area (Å²) in [6.45, 7) is 6.95. The molecule has 0 N–H and O–H groups in total. The van der Waals surface area contributed by atoms with Gasteiger partial charge in [-0.15, -0.1) is 0 Å². The molecule has 2 saturated heterocycles. The zero-order valence-corrected chi connectivity index (χ0v) is 14.3. The minimum absolute atomic E-state index is 0.291. The van der Waals surface area contributed by atoms with E-state index in [0.29, 0.717) is 4.88 Å². The van der Waals surface area contributed by atoms with E-state index in [1.165, 1.54) is 57.2 Å². The third kappa shape index (κ3) is 3.43. The van der Waals surface area contributed by atoms with Crippen molar-refractivity contribution < 1.29 is 9.53 Å². The average Bonchev–Trinajstić information content (AvgIpc) is 3.04. The number of carbonyl (C=O) groups excluding carboxylic acids is 1. The van der Waals surface area contributed by atoms with Gasteiger partial charge in [-0.3, -0.25) is 4.90 Å². The first-order valence-electron chi connectivity index (χ1n) is 8.20. The van der Waals surface area contributed by atoms with Crippen LogP contribution in [0.5, 0.6) is 0 Å². The molecule has 6 heteroatoms. The van der Waals surface area contributed by atoms with Gasteiger partial charge in [-0.05, 0) is 38.1 Å². The Kier molecular flexibility index (Phi) is 4.98. The van der Waals surface area contributed by atoms with Crippen molar-refractivity contribution in [3.05, 3.63) is 11.1 Å². The molecule has 122 valence electrons. The molecule has 2 aliphatic rings. The SMILES string of the molecule is COC(=O)c1cnc(N2CCC(N3CCCC(C)C3)CC2)s1. The second kappa shape index (κ2) is 6.96. The van der Waals surface area contributed by atoms with Crippen LogP contribution in [0.25, 0.3) is 0 Å². The molecule has 22 heavy (non-hydrogen) atoms. The van der Waals surface area contributed by atoms with Gasteiger partial charge >= 0.3 is 5.97 Å². The van der Waals surface area contributed by atoms with Crippen molar-refractivity contribution in [1.82, 2.24) is 9.88 Å². The van der Waals surface area contributed by atoms with Gasteiger partial charge in [0, 0.05) is 25.7 Å². The van der Waals surface area contributed by atoms with Gasteiger partial charge < -0.3 is 9.64 Å². The van der Waals surface area contributed by atoms with Gasteiger partial charge in [0.05, 0.1) is 13.3 Å². The lowest BCUT2D eigenvalue weighted by molar-refractivity contribution is 0.0606. The van der Waals surface area contributed by atoms with E-state index in [2.05, 4.69) is 21.7 Å². The summed E-state index contributed by atoms with van der Waals surface area (Å²) in [6, 6.07) is 0.721. The van der Waals surface area contributed by atoms with E-state index in [9.17, 15) is 4.79 Å². The van der Waals surface area contributed by atoms with Crippen molar-refractivity contribution in [2.24, 2.45) is 5.92 Å². The Morgan fingerprint density at radius 1 is 1.32 bits per heavy atom. The number of esters is 1. The molecule has 2 fully saturated rings. The number of thiazole rings is 1. The van der Waals surface area contributed by atoms with Crippen LogP contribution >= 0.6 is 11.3 Å². The molecular formula is C16H25N3O2S. The molecule has 0 aromatic carbocycles. The Labute approximate surface area is 136 Å². The normalized spacial score (nSPS) is 24.5. The van der Waals surface area contributed by atoms with E-state index in [-0.39, 0.29) is 5.97 Å². The van der Waals surface area contributed by atoms with Gasteiger partial charge in [0.1, 0.15) is 4.88 Å². The minimum Gasteiger partial charge on any atom is -0.465 e. The van der Waals surface area contributed by atoms with Gasteiger partial charge in [0.2, 0.25) is 0 Å². The van der Waals surface area contributed by atoms with E-state index < -0.39 is 0 Å². The number of aromatic nitrogens is 1. The fraction of sp³-hybridized carbons (Fsp3) is 0.750. The highest BCUT2D eigenvalue weighted by atomic mass is 32.1. The molecule has 3 heterocycles. The fourth-order valence-corrected chi connectivity index (χ4v) is 4.47. The number of hydrogen-bond donors (Lipinski definition) is 0. The number of carbonyl (C=O) groups is 1. The summed E-state index contributed by atoms with van der Waals surface area (Å²) in [5.74, 6) is 0.550. The van der Waals surface area contributed by atoms with Crippen LogP contribution in [0.4, 0.5) is 5.13 Å². The lowest BCUT2D eigenvalue weighted by Gasteiger charge is -2.41. The van der Waals surface area contributed by atoms with Crippen molar-refractivity contribution in [1.29, 1.82) is 0 Å². The third-order valence-corrected chi connectivity index (χ3v) is 5.86. The maximum absolute atomic E-state index is 11.5. The number of likely N-dealkylation sites (tertiary alicyclic amines) is 1. The first-order valence-corrected chi connectivity index (χ1v) is 9.02. The number of anilines is 1. The van der Waals surface area contributed by atoms with Crippen LogP contribution in [0.1, 0.15) is 42.3 Å². The predicted molar refractivity (Wildman–Crippen MR) is 88.7 cm³/mol. The van der Waals surface area contributed by atoms with Gasteiger partial charge in [0.25, 0.3) is 0 Å². The maximum atomic E-state index is 11.5. The van der Waals surface area contributed by atoms with E-state index in [1.807, 2.05) is 0 Å². The van der Waals surface area contributed by atoms with Crippen molar-refractivity contribution in [3.8, 4) is 0 Å². The molecule has 0 aliphatic carbocycles. The molecule has 5 nitrogen and oxygen atoms in total. The number of piperidine rings is 2. The Morgan fingerprint density at radius 2 is 2.09 bits per heavy atom. The minimum atomic E-state index is -0.291. The summed E-state index contributed by atoms with van der Waals surface area (Å²) >= 11 is 1.44. The smallest absolute Gasteiger partial charge is 0.349 e. The zero-order chi connectivity index (χ0) is 15.5. The van der Waals surface area contributed by atoms with Gasteiger partial charge in [0.15, 0.2) is 5.13 Å². The number of hydrogen-bond acceptors (Lipinski definition) is 6. The summed E-state index contributed by atoms with van der Waals surface area (Å²) in [6.07, 6.45) is 6.74. The molecule has 3 rings (SSSR count). The second-order valence-corrected chi connectivity index (χ2v) is 7.47.